The van der Waals surface area contributed by atoms with E-state index >= 15 is 0 Å². The third kappa shape index (κ3) is 10.3. The molecule has 11 heterocycles. The van der Waals surface area contributed by atoms with Crippen molar-refractivity contribution in [2.24, 2.45) is 11.8 Å². The van der Waals surface area contributed by atoms with Gasteiger partial charge in [0.1, 0.15) is 34.0 Å². The van der Waals surface area contributed by atoms with Crippen molar-refractivity contribution < 1.29 is 19.0 Å². The Morgan fingerprint density at radius 2 is 1.10 bits per heavy atom. The first kappa shape index (κ1) is 48.4. The third-order valence-corrected chi connectivity index (χ3v) is 17.9. The average molecular weight is 999 g/mol. The molecular formula is C55H70N10O4S2. The van der Waals surface area contributed by atoms with Gasteiger partial charge in [0.2, 0.25) is 5.88 Å². The smallest absolute Gasteiger partial charge is 0.253 e. The van der Waals surface area contributed by atoms with E-state index < -0.39 is 0 Å². The van der Waals surface area contributed by atoms with Gasteiger partial charge in [0.05, 0.1) is 31.1 Å². The molecule has 0 saturated carbocycles. The molecule has 5 aromatic heterocycles. The molecule has 1 amide bonds. The van der Waals surface area contributed by atoms with E-state index in [1.165, 1.54) is 90.4 Å². The Bertz CT molecular complexity index is 2730. The van der Waals surface area contributed by atoms with Crippen LogP contribution >= 0.6 is 22.7 Å². The summed E-state index contributed by atoms with van der Waals surface area (Å²) in [6.07, 6.45) is 20.1. The van der Waals surface area contributed by atoms with Crippen LogP contribution in [0.3, 0.4) is 0 Å². The van der Waals surface area contributed by atoms with E-state index in [-0.39, 0.29) is 5.91 Å². The summed E-state index contributed by atoms with van der Waals surface area (Å²) in [5.74, 6) is 4.03. The van der Waals surface area contributed by atoms with Crippen LogP contribution in [0.15, 0.2) is 66.0 Å². The van der Waals surface area contributed by atoms with E-state index in [0.29, 0.717) is 41.9 Å². The Balaban J connectivity index is 0.000000155. The van der Waals surface area contributed by atoms with Gasteiger partial charge in [-0.2, -0.15) is 0 Å². The summed E-state index contributed by atoms with van der Waals surface area (Å²) >= 11 is 3.30. The Morgan fingerprint density at radius 3 is 1.59 bits per heavy atom. The lowest BCUT2D eigenvalue weighted by Gasteiger charge is -2.40. The van der Waals surface area contributed by atoms with Crippen molar-refractivity contribution in [3.05, 3.63) is 71.6 Å². The molecule has 12 rings (SSSR count). The zero-order valence-electron chi connectivity index (χ0n) is 41.8. The van der Waals surface area contributed by atoms with Crippen LogP contribution in [0, 0.1) is 11.8 Å². The fraction of sp³-hybridized carbons (Fsp3) is 0.564. The molecule has 71 heavy (non-hydrogen) atoms. The van der Waals surface area contributed by atoms with Gasteiger partial charge in [0.25, 0.3) is 5.91 Å². The predicted octanol–water partition coefficient (Wildman–Crippen LogP) is 9.54. The Hall–Kier alpha value is -4.84. The minimum Gasteiger partial charge on any atom is -0.481 e. The van der Waals surface area contributed by atoms with E-state index in [4.69, 9.17) is 24.2 Å². The quantitative estimate of drug-likeness (QED) is 0.0856. The van der Waals surface area contributed by atoms with Gasteiger partial charge in [-0.3, -0.25) is 4.79 Å². The Kier molecular flexibility index (Phi) is 15.1. The summed E-state index contributed by atoms with van der Waals surface area (Å²) in [5.41, 5.74) is 4.85. The van der Waals surface area contributed by atoms with Crippen molar-refractivity contribution in [2.45, 2.75) is 101 Å². The number of benzene rings is 1. The number of piperidine rings is 2. The molecule has 6 aliphatic rings. The lowest BCUT2D eigenvalue weighted by Crippen LogP contribution is -2.44. The summed E-state index contributed by atoms with van der Waals surface area (Å²) in [7, 11) is 5.28. The number of hydrogen-bond acceptors (Lipinski definition) is 15. The van der Waals surface area contributed by atoms with Crippen molar-refractivity contribution >= 4 is 60.6 Å². The third-order valence-electron chi connectivity index (χ3n) is 16.2. The number of aromatic nitrogens is 5. The summed E-state index contributed by atoms with van der Waals surface area (Å²) in [4.78, 5) is 50.3. The van der Waals surface area contributed by atoms with Crippen molar-refractivity contribution in [1.82, 2.24) is 39.6 Å². The van der Waals surface area contributed by atoms with Crippen LogP contribution in [-0.4, -0.2) is 157 Å². The SMILES string of the molecule is CN(C)C(=O)c1ccccc1-c1csc2ncnc(N3C4CCC3CC(COCCN3CCCC3)C4)c12.COc1ncccc1-c1csc2ncnc(N3C4CCC3CC(COCCN3CCCC3)C4)c12. The molecule has 6 saturated heterocycles. The molecule has 6 fully saturated rings. The maximum absolute atomic E-state index is 13.0. The van der Waals surface area contributed by atoms with Crippen LogP contribution in [0.25, 0.3) is 42.7 Å². The maximum Gasteiger partial charge on any atom is 0.253 e. The minimum atomic E-state index is 0.0129. The van der Waals surface area contributed by atoms with E-state index in [1.807, 2.05) is 24.3 Å². The van der Waals surface area contributed by atoms with E-state index in [1.54, 1.807) is 67.6 Å². The highest BCUT2D eigenvalue weighted by atomic mass is 32.1. The molecule has 6 aliphatic heterocycles. The molecule has 6 aromatic rings. The van der Waals surface area contributed by atoms with Crippen LogP contribution < -0.4 is 14.5 Å². The van der Waals surface area contributed by atoms with Crippen LogP contribution in [0.1, 0.15) is 87.4 Å². The summed E-state index contributed by atoms with van der Waals surface area (Å²) < 4.78 is 17.9. The number of fused-ring (bicyclic) bond motifs is 6. The van der Waals surface area contributed by atoms with Crippen LogP contribution in [0.2, 0.25) is 0 Å². The standard InChI is InChI=1S/C29H37N5O2S.C26H33N5O2S/c1-32(2)29(35)24-8-4-3-7-23(24)25-18-37-28-26(25)27(30-19-31-28)34-21-9-10-22(34)16-20(15-21)17-36-14-13-33-11-5-6-12-33;1-32-25-21(5-4-8-27-25)22-16-34-26-23(22)24(28-17-29-26)31-19-6-7-20(31)14-18(13-19)15-33-12-11-30-9-2-3-10-30/h3-4,7-8,18-22H,5-6,9-17H2,1-2H3;4-5,8,16-20H,2-3,6-7,9-15H2,1H3. The van der Waals surface area contributed by atoms with Crippen LogP contribution in [-0.2, 0) is 9.47 Å². The van der Waals surface area contributed by atoms with Crippen molar-refractivity contribution in [1.29, 1.82) is 0 Å². The van der Waals surface area contributed by atoms with Gasteiger partial charge in [0, 0.05) is 104 Å². The molecule has 0 aliphatic carbocycles. The second-order valence-corrected chi connectivity index (χ2v) is 22.6. The van der Waals surface area contributed by atoms with Gasteiger partial charge >= 0.3 is 0 Å². The molecule has 14 nitrogen and oxygen atoms in total. The average Bonchev–Trinajstić information content (AvgIpc) is 4.29. The summed E-state index contributed by atoms with van der Waals surface area (Å²) in [6.45, 7) is 10.6. The second kappa shape index (κ2) is 22.1. The first-order valence-corrected chi connectivity index (χ1v) is 28.1. The van der Waals surface area contributed by atoms with Gasteiger partial charge in [0.15, 0.2) is 0 Å². The molecule has 4 atom stereocenters. The number of pyridine rings is 1. The predicted molar refractivity (Wildman–Crippen MR) is 285 cm³/mol. The van der Waals surface area contributed by atoms with Crippen molar-refractivity contribution in [3.8, 4) is 28.1 Å². The van der Waals surface area contributed by atoms with E-state index in [0.717, 1.165) is 112 Å². The minimum absolute atomic E-state index is 0.0129. The zero-order valence-corrected chi connectivity index (χ0v) is 43.4. The highest BCUT2D eigenvalue weighted by molar-refractivity contribution is 7.17. The molecule has 4 bridgehead atoms. The van der Waals surface area contributed by atoms with Gasteiger partial charge in [-0.05, 0) is 139 Å². The fourth-order valence-corrected chi connectivity index (χ4v) is 14.7. The van der Waals surface area contributed by atoms with E-state index in [2.05, 4.69) is 57.4 Å². The number of methoxy groups -OCH3 is 1. The number of hydrogen-bond donors (Lipinski definition) is 0. The van der Waals surface area contributed by atoms with Crippen LogP contribution in [0.4, 0.5) is 11.6 Å². The summed E-state index contributed by atoms with van der Waals surface area (Å²) in [6, 6.07) is 14.0. The topological polar surface area (TPSA) is 125 Å². The molecule has 376 valence electrons. The lowest BCUT2D eigenvalue weighted by atomic mass is 9.90. The number of amides is 1. The number of likely N-dealkylation sites (tertiary alicyclic amines) is 2. The highest BCUT2D eigenvalue weighted by Gasteiger charge is 2.44. The van der Waals surface area contributed by atoms with Gasteiger partial charge in [-0.15, -0.1) is 22.7 Å². The van der Waals surface area contributed by atoms with Gasteiger partial charge < -0.3 is 38.7 Å². The number of carbonyl (C=O) groups excluding carboxylic acids is 1. The normalized spacial score (nSPS) is 24.3. The van der Waals surface area contributed by atoms with E-state index in [9.17, 15) is 4.79 Å². The molecule has 0 spiro atoms. The highest BCUT2D eigenvalue weighted by Crippen LogP contribution is 2.48. The molecule has 1 aromatic carbocycles. The van der Waals surface area contributed by atoms with Gasteiger partial charge in [-0.25, -0.2) is 24.9 Å². The zero-order chi connectivity index (χ0) is 48.3. The van der Waals surface area contributed by atoms with Crippen molar-refractivity contribution in [2.75, 3.05) is 96.7 Å². The molecule has 4 unspecified atom stereocenters. The first-order chi connectivity index (χ1) is 34.9. The molecular weight excluding hydrogens is 929 g/mol. The van der Waals surface area contributed by atoms with Crippen molar-refractivity contribution in [3.63, 3.8) is 0 Å². The van der Waals surface area contributed by atoms with Gasteiger partial charge in [-0.1, -0.05) is 18.2 Å². The maximum atomic E-state index is 13.0. The number of ether oxygens (including phenoxy) is 3. The Labute approximate surface area is 426 Å². The second-order valence-electron chi connectivity index (χ2n) is 20.9. The number of anilines is 2. The molecule has 16 heteroatoms. The lowest BCUT2D eigenvalue weighted by molar-refractivity contribution is 0.0700. The fourth-order valence-electron chi connectivity index (χ4n) is 12.9. The monoisotopic (exact) mass is 999 g/mol. The number of nitrogens with zero attached hydrogens (tertiary/aromatic N) is 10. The first-order valence-electron chi connectivity index (χ1n) is 26.3. The molecule has 0 radical (unpaired) electrons. The number of rotatable bonds is 16. The van der Waals surface area contributed by atoms with Crippen LogP contribution in [0.5, 0.6) is 5.88 Å². The largest absolute Gasteiger partial charge is 0.481 e. The Morgan fingerprint density at radius 1 is 0.620 bits per heavy atom. The summed E-state index contributed by atoms with van der Waals surface area (Å²) in [5, 5.41) is 6.54. The number of thiophene rings is 2. The number of carbonyl (C=O) groups is 1. The molecule has 0 N–H and O–H groups in total.